The first kappa shape index (κ1) is 18.9. The third-order valence-electron chi connectivity index (χ3n) is 3.24. The van der Waals surface area contributed by atoms with Crippen LogP contribution in [0.2, 0.25) is 0 Å². The van der Waals surface area contributed by atoms with Crippen LogP contribution in [0.3, 0.4) is 0 Å². The molecule has 2 atom stereocenters. The van der Waals surface area contributed by atoms with Crippen molar-refractivity contribution in [3.05, 3.63) is 23.7 Å². The second-order valence-corrected chi connectivity index (χ2v) is 6.90. The number of carbonyl (C=O) groups is 1. The van der Waals surface area contributed by atoms with Gasteiger partial charge in [-0.2, -0.15) is 4.79 Å². The molecule has 0 aromatic rings. The first-order valence-electron chi connectivity index (χ1n) is 7.24. The number of hydrogen-bond acceptors (Lipinski definition) is 2. The number of rotatable bonds is 10. The fourth-order valence-electron chi connectivity index (χ4n) is 1.92. The van der Waals surface area contributed by atoms with Gasteiger partial charge in [-0.1, -0.05) is 33.8 Å². The summed E-state index contributed by atoms with van der Waals surface area (Å²) in [5, 5.41) is 9.01. The van der Waals surface area contributed by atoms with E-state index in [1.165, 1.54) is 24.2 Å². The van der Waals surface area contributed by atoms with E-state index in [1.54, 1.807) is 0 Å². The van der Waals surface area contributed by atoms with E-state index in [0.29, 0.717) is 12.3 Å². The van der Waals surface area contributed by atoms with E-state index in [2.05, 4.69) is 27.4 Å². The second kappa shape index (κ2) is 10.7. The molecule has 0 aliphatic rings. The molecule has 0 saturated heterocycles. The molecule has 4 heteroatoms. The topological polar surface area (TPSA) is 46.5 Å². The van der Waals surface area contributed by atoms with Gasteiger partial charge in [0.25, 0.3) is 0 Å². The number of carboxylic acid groups (broad SMARTS) is 1. The van der Waals surface area contributed by atoms with E-state index in [0.717, 1.165) is 18.8 Å². The van der Waals surface area contributed by atoms with Crippen molar-refractivity contribution in [3.63, 3.8) is 0 Å². The summed E-state index contributed by atoms with van der Waals surface area (Å²) < 4.78 is 5.83. The minimum atomic E-state index is -1.24. The first-order valence-corrected chi connectivity index (χ1v) is 8.72. The molecule has 0 bridgehead atoms. The van der Waals surface area contributed by atoms with Crippen LogP contribution in [0.4, 0.5) is 4.79 Å². The number of hydrogen-bond donors (Lipinski definition) is 1. The van der Waals surface area contributed by atoms with Crippen LogP contribution in [-0.4, -0.2) is 23.2 Å². The maximum atomic E-state index is 11.0. The molecule has 0 aromatic heterocycles. The quantitative estimate of drug-likeness (QED) is 0.420. The zero-order valence-corrected chi connectivity index (χ0v) is 14.1. The van der Waals surface area contributed by atoms with Crippen molar-refractivity contribution in [2.75, 3.05) is 6.61 Å². The van der Waals surface area contributed by atoms with Gasteiger partial charge in [0.05, 0.1) is 12.4 Å². The van der Waals surface area contributed by atoms with E-state index in [4.69, 9.17) is 9.84 Å². The molecular weight excluding hydrogens is 271 g/mol. The first-order chi connectivity index (χ1) is 9.46. The highest BCUT2D eigenvalue weighted by atomic mass is 31.1. The molecule has 0 radical (unpaired) electrons. The molecule has 2 unspecified atom stereocenters. The summed E-state index contributed by atoms with van der Waals surface area (Å²) in [5.74, 6) is 4.86. The molecule has 1 N–H and O–H groups in total. The van der Waals surface area contributed by atoms with Gasteiger partial charge >= 0.3 is 5.71 Å². The van der Waals surface area contributed by atoms with Gasteiger partial charge < -0.3 is 9.84 Å². The molecule has 0 aromatic carbocycles. The van der Waals surface area contributed by atoms with Gasteiger partial charge in [-0.15, -0.1) is 0 Å². The molecule has 0 spiro atoms. The van der Waals surface area contributed by atoms with Crippen LogP contribution < -0.4 is 0 Å². The van der Waals surface area contributed by atoms with Crippen LogP contribution in [0, 0.1) is 5.92 Å². The van der Waals surface area contributed by atoms with Gasteiger partial charge in [0.2, 0.25) is 7.55 Å². The molecule has 20 heavy (non-hydrogen) atoms. The average Bonchev–Trinajstić information content (AvgIpc) is 2.41. The van der Waals surface area contributed by atoms with Crippen LogP contribution in [0.25, 0.3) is 0 Å². The fraction of sp³-hybridized carbons (Fsp3) is 0.625. The third-order valence-corrected chi connectivity index (χ3v) is 4.65. The van der Waals surface area contributed by atoms with E-state index in [-0.39, 0.29) is 0 Å². The average molecular weight is 299 g/mol. The minimum Gasteiger partial charge on any atom is -0.498 e. The molecule has 3 nitrogen and oxygen atoms in total. The van der Waals surface area contributed by atoms with E-state index in [1.807, 2.05) is 12.7 Å². The summed E-state index contributed by atoms with van der Waals surface area (Å²) in [6, 6.07) is 0. The summed E-state index contributed by atoms with van der Waals surface area (Å²) in [6.07, 6.45) is 3.88. The van der Waals surface area contributed by atoms with Crippen LogP contribution >= 0.6 is 7.55 Å². The highest BCUT2D eigenvalue weighted by Crippen LogP contribution is 2.26. The Kier molecular flexibility index (Phi) is 10.1. The number of allylic oxidation sites excluding steroid dienone is 2. The Bertz CT molecular complexity index is 383. The van der Waals surface area contributed by atoms with Crippen molar-refractivity contribution in [3.8, 4) is 0 Å². The summed E-state index contributed by atoms with van der Waals surface area (Å²) in [6.45, 7) is 12.7. The molecule has 0 amide bonds. The largest absolute Gasteiger partial charge is 0.513 e. The normalized spacial score (nSPS) is 14.5. The highest BCUT2D eigenvalue weighted by Gasteiger charge is 2.16. The van der Waals surface area contributed by atoms with Crippen molar-refractivity contribution in [2.24, 2.45) is 5.92 Å². The minimum absolute atomic E-state index is 0.557. The summed E-state index contributed by atoms with van der Waals surface area (Å²) in [5.41, 5.74) is 0.380. The molecule has 0 aliphatic heterocycles. The SMILES string of the molecule is C=C[P+](=CC/C(CC)=C(\C)OCC(C)CCC)C(=O)O. The Hall–Kier alpha value is -1.08. The zero-order valence-electron chi connectivity index (χ0n) is 13.2. The van der Waals surface area contributed by atoms with Gasteiger partial charge in [-0.05, 0) is 31.3 Å². The summed E-state index contributed by atoms with van der Waals surface area (Å²) in [7, 11) is -1.24. The molecule has 0 rings (SSSR count). The van der Waals surface area contributed by atoms with E-state index >= 15 is 0 Å². The standard InChI is InChI=1S/C16H27O3P/c1-6-9-13(4)12-19-14(5)15(7-2)10-11-20(8-3)16(17)18/h8,11,13H,3,6-7,9-10,12H2,1-2,4-5H3/p+1/b15-14+. The third kappa shape index (κ3) is 7.49. The lowest BCUT2D eigenvalue weighted by Crippen LogP contribution is -2.06. The maximum Gasteiger partial charge on any atom is 0.513 e. The Balaban J connectivity index is 4.66. The zero-order chi connectivity index (χ0) is 15.5. The van der Waals surface area contributed by atoms with Crippen molar-refractivity contribution in [1.29, 1.82) is 0 Å². The van der Waals surface area contributed by atoms with Crippen molar-refractivity contribution in [1.82, 2.24) is 0 Å². The van der Waals surface area contributed by atoms with Gasteiger partial charge in [0.15, 0.2) is 0 Å². The maximum absolute atomic E-state index is 11.0. The van der Waals surface area contributed by atoms with E-state index in [9.17, 15) is 4.79 Å². The lowest BCUT2D eigenvalue weighted by atomic mass is 10.1. The van der Waals surface area contributed by atoms with Crippen molar-refractivity contribution in [2.45, 2.75) is 53.4 Å². The predicted molar refractivity (Wildman–Crippen MR) is 88.8 cm³/mol. The molecule has 0 aliphatic carbocycles. The fourth-order valence-corrected chi connectivity index (χ4v) is 2.80. The second-order valence-electron chi connectivity index (χ2n) is 4.98. The van der Waals surface area contributed by atoms with Crippen LogP contribution in [0.15, 0.2) is 23.7 Å². The number of ether oxygens (including phenoxy) is 1. The van der Waals surface area contributed by atoms with Crippen LogP contribution in [0.1, 0.15) is 53.4 Å². The van der Waals surface area contributed by atoms with Gasteiger partial charge in [0, 0.05) is 6.42 Å². The van der Waals surface area contributed by atoms with E-state index < -0.39 is 13.3 Å². The lowest BCUT2D eigenvalue weighted by molar-refractivity contribution is 0.165. The van der Waals surface area contributed by atoms with Crippen molar-refractivity contribution < 1.29 is 14.6 Å². The molecule has 0 saturated carbocycles. The van der Waals surface area contributed by atoms with Gasteiger partial charge in [-0.3, -0.25) is 0 Å². The smallest absolute Gasteiger partial charge is 0.498 e. The van der Waals surface area contributed by atoms with Crippen LogP contribution in [0.5, 0.6) is 0 Å². The highest BCUT2D eigenvalue weighted by molar-refractivity contribution is 7.75. The molecular formula is C16H28O3P+. The van der Waals surface area contributed by atoms with Gasteiger partial charge in [-0.25, -0.2) is 0 Å². The predicted octanol–water partition coefficient (Wildman–Crippen LogP) is 5.62. The summed E-state index contributed by atoms with van der Waals surface area (Å²) >= 11 is 0. The van der Waals surface area contributed by atoms with Crippen LogP contribution in [-0.2, 0) is 4.74 Å². The molecule has 0 heterocycles. The van der Waals surface area contributed by atoms with Crippen molar-refractivity contribution >= 4 is 19.1 Å². The molecule has 0 fully saturated rings. The monoisotopic (exact) mass is 299 g/mol. The Morgan fingerprint density at radius 2 is 2.10 bits per heavy atom. The Morgan fingerprint density at radius 3 is 2.55 bits per heavy atom. The Labute approximate surface area is 124 Å². The lowest BCUT2D eigenvalue weighted by Gasteiger charge is -2.14. The summed E-state index contributed by atoms with van der Waals surface area (Å²) in [4.78, 5) is 11.0. The molecule has 114 valence electrons. The van der Waals surface area contributed by atoms with Gasteiger partial charge in [0.1, 0.15) is 11.6 Å². The Morgan fingerprint density at radius 1 is 1.45 bits per heavy atom.